The van der Waals surface area contributed by atoms with E-state index in [2.05, 4.69) is 39.9 Å². The minimum absolute atomic E-state index is 0.786. The molecule has 21 heavy (non-hydrogen) atoms. The molecule has 2 rings (SSSR count). The fourth-order valence-electron chi connectivity index (χ4n) is 4.86. The summed E-state index contributed by atoms with van der Waals surface area (Å²) in [5.74, 6) is 4.52. The van der Waals surface area contributed by atoms with Gasteiger partial charge in [0.1, 0.15) is 0 Å². The third-order valence-corrected chi connectivity index (χ3v) is 6.43. The van der Waals surface area contributed by atoms with Crippen molar-refractivity contribution in [2.75, 3.05) is 0 Å². The number of rotatable bonds is 4. The van der Waals surface area contributed by atoms with E-state index >= 15 is 0 Å². The smallest absolute Gasteiger partial charge is 0.0103 e. The summed E-state index contributed by atoms with van der Waals surface area (Å²) in [6, 6.07) is 1.58. The topological polar surface area (TPSA) is 12.0 Å². The van der Waals surface area contributed by atoms with Gasteiger partial charge in [0.2, 0.25) is 0 Å². The molecule has 5 unspecified atom stereocenters. The summed E-state index contributed by atoms with van der Waals surface area (Å²) in [4.78, 5) is 0. The predicted molar refractivity (Wildman–Crippen MR) is 93.5 cm³/mol. The van der Waals surface area contributed by atoms with Crippen LogP contribution in [0.1, 0.15) is 86.0 Å². The van der Waals surface area contributed by atoms with E-state index in [-0.39, 0.29) is 0 Å². The maximum atomic E-state index is 4.12. The zero-order chi connectivity index (χ0) is 15.4. The standard InChI is InChI=1S/C20H39N/c1-14(2)17-7-6-8-18(11-10-17)21-20-13-16(5)9-12-19(20)15(3)4/h14-21H,6-13H2,1-5H3. The average molecular weight is 294 g/mol. The quantitative estimate of drug-likeness (QED) is 0.661. The van der Waals surface area contributed by atoms with Crippen LogP contribution in [-0.2, 0) is 0 Å². The molecule has 2 saturated carbocycles. The largest absolute Gasteiger partial charge is 0.311 e. The van der Waals surface area contributed by atoms with Gasteiger partial charge in [0.25, 0.3) is 0 Å². The Kier molecular flexibility index (Phi) is 6.59. The lowest BCUT2D eigenvalue weighted by atomic mass is 9.73. The normalized spacial score (nSPS) is 38.7. The molecule has 0 heterocycles. The first-order valence-corrected chi connectivity index (χ1v) is 9.73. The van der Waals surface area contributed by atoms with E-state index in [4.69, 9.17) is 0 Å². The van der Waals surface area contributed by atoms with E-state index in [0.717, 1.165) is 41.7 Å². The number of hydrogen-bond donors (Lipinski definition) is 1. The third-order valence-electron chi connectivity index (χ3n) is 6.43. The maximum Gasteiger partial charge on any atom is 0.0103 e. The van der Waals surface area contributed by atoms with Crippen LogP contribution >= 0.6 is 0 Å². The van der Waals surface area contributed by atoms with Gasteiger partial charge in [-0.1, -0.05) is 53.9 Å². The Hall–Kier alpha value is -0.0400. The van der Waals surface area contributed by atoms with Crippen LogP contribution in [0.5, 0.6) is 0 Å². The van der Waals surface area contributed by atoms with Crippen molar-refractivity contribution < 1.29 is 0 Å². The van der Waals surface area contributed by atoms with E-state index in [0.29, 0.717) is 0 Å². The van der Waals surface area contributed by atoms with Crippen LogP contribution in [0.25, 0.3) is 0 Å². The molecule has 5 atom stereocenters. The fourth-order valence-corrected chi connectivity index (χ4v) is 4.86. The molecule has 0 aliphatic heterocycles. The SMILES string of the molecule is CC1CCC(C(C)C)C(NC2CCCC(C(C)C)CC2)C1. The van der Waals surface area contributed by atoms with E-state index in [1.165, 1.54) is 51.4 Å². The van der Waals surface area contributed by atoms with Crippen LogP contribution in [0.3, 0.4) is 0 Å². The lowest BCUT2D eigenvalue weighted by molar-refractivity contribution is 0.155. The van der Waals surface area contributed by atoms with E-state index in [9.17, 15) is 0 Å². The van der Waals surface area contributed by atoms with Crippen LogP contribution in [0.4, 0.5) is 0 Å². The van der Waals surface area contributed by atoms with Crippen molar-refractivity contribution in [1.29, 1.82) is 0 Å². The zero-order valence-electron chi connectivity index (χ0n) is 15.2. The Labute approximate surface area is 133 Å². The summed E-state index contributed by atoms with van der Waals surface area (Å²) >= 11 is 0. The molecule has 0 saturated heterocycles. The highest BCUT2D eigenvalue weighted by atomic mass is 15.0. The first-order chi connectivity index (χ1) is 9.97. The molecule has 0 aromatic rings. The lowest BCUT2D eigenvalue weighted by Gasteiger charge is -2.40. The van der Waals surface area contributed by atoms with E-state index < -0.39 is 0 Å². The van der Waals surface area contributed by atoms with Crippen LogP contribution in [0.15, 0.2) is 0 Å². The van der Waals surface area contributed by atoms with Crippen LogP contribution in [0.2, 0.25) is 0 Å². The van der Waals surface area contributed by atoms with Gasteiger partial charge in [-0.3, -0.25) is 0 Å². The molecule has 1 nitrogen and oxygen atoms in total. The number of hydrogen-bond acceptors (Lipinski definition) is 1. The van der Waals surface area contributed by atoms with Gasteiger partial charge in [0, 0.05) is 12.1 Å². The first-order valence-electron chi connectivity index (χ1n) is 9.73. The van der Waals surface area contributed by atoms with Crippen molar-refractivity contribution in [3.05, 3.63) is 0 Å². The van der Waals surface area contributed by atoms with Gasteiger partial charge >= 0.3 is 0 Å². The summed E-state index contributed by atoms with van der Waals surface area (Å²) < 4.78 is 0. The molecule has 124 valence electrons. The maximum absolute atomic E-state index is 4.12. The number of nitrogens with one attached hydrogen (secondary N) is 1. The molecule has 1 heteroatoms. The Morgan fingerprint density at radius 1 is 0.810 bits per heavy atom. The van der Waals surface area contributed by atoms with Gasteiger partial charge in [0.15, 0.2) is 0 Å². The third kappa shape index (κ3) is 4.98. The lowest BCUT2D eigenvalue weighted by Crippen LogP contribution is -2.47. The highest BCUT2D eigenvalue weighted by Crippen LogP contribution is 2.35. The molecular formula is C20H39N. The summed E-state index contributed by atoms with van der Waals surface area (Å²) in [6.45, 7) is 12.1. The van der Waals surface area contributed by atoms with Gasteiger partial charge in [0.05, 0.1) is 0 Å². The summed E-state index contributed by atoms with van der Waals surface area (Å²) in [5, 5.41) is 4.12. The molecule has 0 aromatic carbocycles. The molecule has 0 bridgehead atoms. The summed E-state index contributed by atoms with van der Waals surface area (Å²) in [7, 11) is 0. The summed E-state index contributed by atoms with van der Waals surface area (Å²) in [5.41, 5.74) is 0. The second-order valence-corrected chi connectivity index (χ2v) is 8.81. The molecule has 0 radical (unpaired) electrons. The van der Waals surface area contributed by atoms with Gasteiger partial charge in [-0.15, -0.1) is 0 Å². The Morgan fingerprint density at radius 3 is 2.24 bits per heavy atom. The van der Waals surface area contributed by atoms with Crippen molar-refractivity contribution in [3.63, 3.8) is 0 Å². The highest BCUT2D eigenvalue weighted by Gasteiger charge is 2.32. The minimum Gasteiger partial charge on any atom is -0.311 e. The van der Waals surface area contributed by atoms with Crippen LogP contribution in [0, 0.1) is 29.6 Å². The zero-order valence-corrected chi connectivity index (χ0v) is 15.2. The van der Waals surface area contributed by atoms with Crippen molar-refractivity contribution in [1.82, 2.24) is 5.32 Å². The Balaban J connectivity index is 1.89. The molecule has 2 aliphatic rings. The molecule has 1 N–H and O–H groups in total. The molecule has 0 amide bonds. The van der Waals surface area contributed by atoms with E-state index in [1.807, 2.05) is 0 Å². The van der Waals surface area contributed by atoms with Crippen molar-refractivity contribution in [2.45, 2.75) is 98.1 Å². The molecule has 2 aliphatic carbocycles. The minimum atomic E-state index is 0.786. The van der Waals surface area contributed by atoms with Crippen molar-refractivity contribution >= 4 is 0 Å². The summed E-state index contributed by atoms with van der Waals surface area (Å²) in [6.07, 6.45) is 11.5. The van der Waals surface area contributed by atoms with Crippen LogP contribution in [-0.4, -0.2) is 12.1 Å². The van der Waals surface area contributed by atoms with Crippen LogP contribution < -0.4 is 5.32 Å². The van der Waals surface area contributed by atoms with Gasteiger partial charge in [-0.2, -0.15) is 0 Å². The Morgan fingerprint density at radius 2 is 1.57 bits per heavy atom. The Bertz CT molecular complexity index is 296. The van der Waals surface area contributed by atoms with Gasteiger partial charge in [-0.05, 0) is 61.7 Å². The van der Waals surface area contributed by atoms with Gasteiger partial charge in [-0.25, -0.2) is 0 Å². The fraction of sp³-hybridized carbons (Fsp3) is 1.00. The van der Waals surface area contributed by atoms with Crippen molar-refractivity contribution in [3.8, 4) is 0 Å². The predicted octanol–water partition coefficient (Wildman–Crippen LogP) is 5.64. The van der Waals surface area contributed by atoms with E-state index in [1.54, 1.807) is 0 Å². The molecule has 0 aromatic heterocycles. The van der Waals surface area contributed by atoms with Gasteiger partial charge < -0.3 is 5.32 Å². The second-order valence-electron chi connectivity index (χ2n) is 8.81. The molecular weight excluding hydrogens is 254 g/mol. The van der Waals surface area contributed by atoms with Crippen molar-refractivity contribution in [2.24, 2.45) is 29.6 Å². The molecule has 2 fully saturated rings. The molecule has 0 spiro atoms. The second kappa shape index (κ2) is 7.99. The average Bonchev–Trinajstić information content (AvgIpc) is 2.64. The monoisotopic (exact) mass is 293 g/mol. The highest BCUT2D eigenvalue weighted by molar-refractivity contribution is 4.88. The first kappa shape index (κ1) is 17.3.